The molecular weight excluding hydrogens is 322 g/mol. The van der Waals surface area contributed by atoms with Crippen molar-refractivity contribution in [2.24, 2.45) is 0 Å². The molecule has 2 aromatic heterocycles. The lowest BCUT2D eigenvalue weighted by Crippen LogP contribution is -2.21. The second-order valence-corrected chi connectivity index (χ2v) is 6.76. The van der Waals surface area contributed by atoms with E-state index in [4.69, 9.17) is 4.74 Å². The number of esters is 1. The highest BCUT2D eigenvalue weighted by molar-refractivity contribution is 7.99. The van der Waals surface area contributed by atoms with E-state index in [1.165, 1.54) is 12.7 Å². The minimum Gasteiger partial charge on any atom is -0.468 e. The van der Waals surface area contributed by atoms with Gasteiger partial charge in [0, 0.05) is 24.3 Å². The molecule has 0 spiro atoms. The zero-order chi connectivity index (χ0) is 16.9. The van der Waals surface area contributed by atoms with Crippen LogP contribution in [0.1, 0.15) is 16.8 Å². The van der Waals surface area contributed by atoms with Crippen molar-refractivity contribution in [3.63, 3.8) is 0 Å². The summed E-state index contributed by atoms with van der Waals surface area (Å²) in [6, 6.07) is 10.1. The summed E-state index contributed by atoms with van der Waals surface area (Å²) in [6.45, 7) is 2.05. The van der Waals surface area contributed by atoms with Gasteiger partial charge in [-0.05, 0) is 25.0 Å². The van der Waals surface area contributed by atoms with Crippen molar-refractivity contribution in [3.05, 3.63) is 65.7 Å². The van der Waals surface area contributed by atoms with E-state index in [2.05, 4.69) is 34.2 Å². The maximum atomic E-state index is 12.1. The molecule has 0 fully saturated rings. The zero-order valence-electron chi connectivity index (χ0n) is 13.7. The molecule has 0 aliphatic heterocycles. The van der Waals surface area contributed by atoms with Crippen LogP contribution in [0.2, 0.25) is 0 Å². The number of carbonyl (C=O) groups is 1. The fourth-order valence-electron chi connectivity index (χ4n) is 2.41. The summed E-state index contributed by atoms with van der Waals surface area (Å²) in [4.78, 5) is 20.8. The van der Waals surface area contributed by atoms with Gasteiger partial charge in [-0.15, -0.1) is 11.8 Å². The lowest BCUT2D eigenvalue weighted by molar-refractivity contribution is -0.139. The van der Waals surface area contributed by atoms with E-state index < -0.39 is 0 Å². The molecule has 0 saturated heterocycles. The van der Waals surface area contributed by atoms with Crippen molar-refractivity contribution in [3.8, 4) is 0 Å². The molecule has 5 nitrogen and oxygen atoms in total. The molecule has 2 heterocycles. The number of methoxy groups -OCH3 is 1. The van der Waals surface area contributed by atoms with Crippen molar-refractivity contribution >= 4 is 23.5 Å². The first-order valence-corrected chi connectivity index (χ1v) is 8.74. The van der Waals surface area contributed by atoms with Gasteiger partial charge in [0.2, 0.25) is 5.78 Å². The summed E-state index contributed by atoms with van der Waals surface area (Å²) >= 11 is 1.54. The molecule has 0 radical (unpaired) electrons. The zero-order valence-corrected chi connectivity index (χ0v) is 14.5. The van der Waals surface area contributed by atoms with E-state index in [1.807, 2.05) is 29.8 Å². The third-order valence-electron chi connectivity index (χ3n) is 3.72. The third kappa shape index (κ3) is 3.94. The Labute approximate surface area is 145 Å². The number of carbonyl (C=O) groups excluding carboxylic acids is 1. The lowest BCUT2D eigenvalue weighted by atomic mass is 10.1. The SMILES string of the molecule is COC(=O)[C@@H](Cc1ccc(C)cc1)SCc1cn2cccnc2n1. The topological polar surface area (TPSA) is 56.5 Å². The van der Waals surface area contributed by atoms with Gasteiger partial charge in [0.05, 0.1) is 12.8 Å². The number of hydrogen-bond acceptors (Lipinski definition) is 5. The van der Waals surface area contributed by atoms with E-state index in [9.17, 15) is 4.79 Å². The van der Waals surface area contributed by atoms with Gasteiger partial charge in [0.15, 0.2) is 0 Å². The predicted octanol–water partition coefficient (Wildman–Crippen LogP) is 3.06. The molecule has 0 aliphatic rings. The average molecular weight is 341 g/mol. The Balaban J connectivity index is 1.69. The van der Waals surface area contributed by atoms with Crippen LogP contribution >= 0.6 is 11.8 Å². The minimum absolute atomic E-state index is 0.206. The van der Waals surface area contributed by atoms with Crippen molar-refractivity contribution in [2.45, 2.75) is 24.3 Å². The Morgan fingerprint density at radius 1 is 1.33 bits per heavy atom. The van der Waals surface area contributed by atoms with Crippen molar-refractivity contribution in [1.29, 1.82) is 0 Å². The smallest absolute Gasteiger partial charge is 0.319 e. The summed E-state index contributed by atoms with van der Waals surface area (Å²) in [5.74, 6) is 1.10. The molecule has 0 N–H and O–H groups in total. The van der Waals surface area contributed by atoms with Crippen LogP contribution in [-0.4, -0.2) is 32.7 Å². The molecule has 3 rings (SSSR count). The van der Waals surface area contributed by atoms with Crippen molar-refractivity contribution in [2.75, 3.05) is 7.11 Å². The molecule has 0 unspecified atom stereocenters. The van der Waals surface area contributed by atoms with Crippen LogP contribution < -0.4 is 0 Å². The molecule has 0 aliphatic carbocycles. The molecule has 0 saturated carbocycles. The highest BCUT2D eigenvalue weighted by Crippen LogP contribution is 2.22. The van der Waals surface area contributed by atoms with Crippen LogP contribution in [0.5, 0.6) is 0 Å². The van der Waals surface area contributed by atoms with Crippen LogP contribution in [0.25, 0.3) is 5.78 Å². The number of imidazole rings is 1. The Bertz CT molecular complexity index is 797. The lowest BCUT2D eigenvalue weighted by Gasteiger charge is -2.14. The van der Waals surface area contributed by atoms with Crippen LogP contribution in [-0.2, 0) is 21.7 Å². The highest BCUT2D eigenvalue weighted by atomic mass is 32.2. The second-order valence-electron chi connectivity index (χ2n) is 5.57. The maximum absolute atomic E-state index is 12.1. The number of ether oxygens (including phenoxy) is 1. The van der Waals surface area contributed by atoms with E-state index >= 15 is 0 Å². The second kappa shape index (κ2) is 7.49. The molecule has 1 atom stereocenters. The number of fused-ring (bicyclic) bond motifs is 1. The quantitative estimate of drug-likeness (QED) is 0.645. The predicted molar refractivity (Wildman–Crippen MR) is 95.0 cm³/mol. The highest BCUT2D eigenvalue weighted by Gasteiger charge is 2.21. The summed E-state index contributed by atoms with van der Waals surface area (Å²) in [5, 5.41) is -0.254. The minimum atomic E-state index is -0.254. The molecule has 6 heteroatoms. The van der Waals surface area contributed by atoms with Crippen LogP contribution in [0.4, 0.5) is 0 Å². The number of aromatic nitrogens is 3. The number of thioether (sulfide) groups is 1. The average Bonchev–Trinajstić information content (AvgIpc) is 3.02. The number of aryl methyl sites for hydroxylation is 1. The largest absolute Gasteiger partial charge is 0.468 e. The Hall–Kier alpha value is -2.34. The van der Waals surface area contributed by atoms with E-state index in [0.29, 0.717) is 18.0 Å². The number of hydrogen-bond donors (Lipinski definition) is 0. The summed E-state index contributed by atoms with van der Waals surface area (Å²) in [5.41, 5.74) is 3.23. The molecular formula is C18H19N3O2S. The molecule has 124 valence electrons. The maximum Gasteiger partial charge on any atom is 0.319 e. The molecule has 0 bridgehead atoms. The first-order valence-electron chi connectivity index (χ1n) is 7.69. The monoisotopic (exact) mass is 341 g/mol. The van der Waals surface area contributed by atoms with Crippen LogP contribution in [0.3, 0.4) is 0 Å². The van der Waals surface area contributed by atoms with Gasteiger partial charge in [-0.25, -0.2) is 9.97 Å². The van der Waals surface area contributed by atoms with Gasteiger partial charge in [-0.2, -0.15) is 0 Å². The first-order chi connectivity index (χ1) is 11.7. The molecule has 24 heavy (non-hydrogen) atoms. The van der Waals surface area contributed by atoms with E-state index in [0.717, 1.165) is 11.3 Å². The fourth-order valence-corrected chi connectivity index (χ4v) is 3.47. The summed E-state index contributed by atoms with van der Waals surface area (Å²) < 4.78 is 6.84. The van der Waals surface area contributed by atoms with Gasteiger partial charge in [0.25, 0.3) is 0 Å². The molecule has 0 amide bonds. The van der Waals surface area contributed by atoms with Crippen molar-refractivity contribution in [1.82, 2.24) is 14.4 Å². The van der Waals surface area contributed by atoms with Gasteiger partial charge in [0.1, 0.15) is 5.25 Å². The first kappa shape index (κ1) is 16.5. The van der Waals surface area contributed by atoms with E-state index in [-0.39, 0.29) is 11.2 Å². The van der Waals surface area contributed by atoms with Crippen LogP contribution in [0, 0.1) is 6.92 Å². The Morgan fingerprint density at radius 2 is 2.12 bits per heavy atom. The standard InChI is InChI=1S/C18H19N3O2S/c1-13-4-6-14(7-5-13)10-16(17(22)23-2)24-12-15-11-21-9-3-8-19-18(21)20-15/h3-9,11,16H,10,12H2,1-2H3/t16-/m1/s1. The van der Waals surface area contributed by atoms with Gasteiger partial charge in [-0.1, -0.05) is 29.8 Å². The fraction of sp³-hybridized carbons (Fsp3) is 0.278. The van der Waals surface area contributed by atoms with E-state index in [1.54, 1.807) is 18.0 Å². The Kier molecular flexibility index (Phi) is 5.15. The normalized spacial score (nSPS) is 12.2. The van der Waals surface area contributed by atoms with Gasteiger partial charge in [-0.3, -0.25) is 9.20 Å². The van der Waals surface area contributed by atoms with Gasteiger partial charge < -0.3 is 4.74 Å². The summed E-state index contributed by atoms with van der Waals surface area (Å²) in [7, 11) is 1.43. The molecule has 1 aromatic carbocycles. The number of nitrogens with zero attached hydrogens (tertiary/aromatic N) is 3. The number of benzene rings is 1. The third-order valence-corrected chi connectivity index (χ3v) is 4.95. The van der Waals surface area contributed by atoms with Crippen LogP contribution in [0.15, 0.2) is 48.9 Å². The Morgan fingerprint density at radius 3 is 2.83 bits per heavy atom. The molecule has 3 aromatic rings. The van der Waals surface area contributed by atoms with Gasteiger partial charge >= 0.3 is 5.97 Å². The van der Waals surface area contributed by atoms with Crippen molar-refractivity contribution < 1.29 is 9.53 Å². The number of rotatable bonds is 6. The summed E-state index contributed by atoms with van der Waals surface area (Å²) in [6.07, 6.45) is 6.21.